The number of hydrogen-bond acceptors (Lipinski definition) is 9. The lowest BCUT2D eigenvalue weighted by molar-refractivity contribution is -0.154. The number of ketones is 1. The Hall–Kier alpha value is -4.37. The summed E-state index contributed by atoms with van der Waals surface area (Å²) in [5.41, 5.74) is 4.41. The number of ether oxygens (including phenoxy) is 4. The van der Waals surface area contributed by atoms with Crippen molar-refractivity contribution in [3.8, 4) is 11.5 Å². The van der Waals surface area contributed by atoms with Gasteiger partial charge in [0.2, 0.25) is 0 Å². The molecule has 1 atom stereocenters. The Balaban J connectivity index is 1.19. The van der Waals surface area contributed by atoms with E-state index in [0.29, 0.717) is 36.1 Å². The van der Waals surface area contributed by atoms with Crippen LogP contribution in [0.4, 0.5) is 5.69 Å². The molecule has 0 radical (unpaired) electrons. The van der Waals surface area contributed by atoms with E-state index in [9.17, 15) is 14.4 Å². The third kappa shape index (κ3) is 11.4. The molecule has 0 spiro atoms. The van der Waals surface area contributed by atoms with E-state index in [4.69, 9.17) is 18.9 Å². The second-order valence-corrected chi connectivity index (χ2v) is 13.9. The van der Waals surface area contributed by atoms with Gasteiger partial charge in [-0.05, 0) is 107 Å². The Labute approximate surface area is 284 Å². The molecule has 0 bridgehead atoms. The standard InChI is InChI=1S/C39H50N2O7/c1-38(2,3)48-36(43)19-21-41-39(4,5)26-47-31-15-13-28(14-16-31)35(42)20-22-46-37(44)25-40-34-24-32(45-6)17-18-33(34)30-12-11-27-9-7-8-10-29(27)23-30/h7-10,13-18,24,30,40-41H,11-12,19-23,25-26H2,1-6H3/t30-/m1/s1. The van der Waals surface area contributed by atoms with Crippen LogP contribution in [0, 0.1) is 0 Å². The second-order valence-electron chi connectivity index (χ2n) is 13.9. The maximum atomic E-state index is 12.8. The molecule has 258 valence electrons. The minimum Gasteiger partial charge on any atom is -0.497 e. The van der Waals surface area contributed by atoms with Crippen LogP contribution in [0.1, 0.15) is 86.8 Å². The fourth-order valence-corrected chi connectivity index (χ4v) is 5.70. The highest BCUT2D eigenvalue weighted by Crippen LogP contribution is 2.37. The van der Waals surface area contributed by atoms with Crippen molar-refractivity contribution in [2.75, 3.05) is 38.7 Å². The summed E-state index contributed by atoms with van der Waals surface area (Å²) in [6.45, 7) is 10.3. The van der Waals surface area contributed by atoms with Crippen molar-refractivity contribution < 1.29 is 33.3 Å². The Bertz CT molecular complexity index is 1540. The first kappa shape index (κ1) is 36.5. The van der Waals surface area contributed by atoms with E-state index in [1.807, 2.05) is 46.8 Å². The third-order valence-electron chi connectivity index (χ3n) is 8.19. The first-order valence-electron chi connectivity index (χ1n) is 16.7. The average molecular weight is 659 g/mol. The molecule has 0 unspecified atom stereocenters. The molecule has 3 aromatic carbocycles. The van der Waals surface area contributed by atoms with Gasteiger partial charge in [-0.1, -0.05) is 30.3 Å². The van der Waals surface area contributed by atoms with Gasteiger partial charge in [0, 0.05) is 35.8 Å². The van der Waals surface area contributed by atoms with Crippen LogP contribution in [-0.4, -0.2) is 62.3 Å². The number of benzene rings is 3. The van der Waals surface area contributed by atoms with E-state index in [2.05, 4.69) is 41.0 Å². The monoisotopic (exact) mass is 658 g/mol. The number of fused-ring (bicyclic) bond motifs is 1. The number of anilines is 1. The maximum Gasteiger partial charge on any atom is 0.325 e. The summed E-state index contributed by atoms with van der Waals surface area (Å²) in [6.07, 6.45) is 3.34. The van der Waals surface area contributed by atoms with Crippen LogP contribution in [0.2, 0.25) is 0 Å². The highest BCUT2D eigenvalue weighted by molar-refractivity contribution is 5.96. The summed E-state index contributed by atoms with van der Waals surface area (Å²) in [5, 5.41) is 6.57. The van der Waals surface area contributed by atoms with Gasteiger partial charge in [-0.3, -0.25) is 14.4 Å². The van der Waals surface area contributed by atoms with Crippen LogP contribution in [0.15, 0.2) is 66.7 Å². The van der Waals surface area contributed by atoms with Gasteiger partial charge in [-0.25, -0.2) is 0 Å². The molecule has 1 aliphatic carbocycles. The predicted octanol–water partition coefficient (Wildman–Crippen LogP) is 6.67. The van der Waals surface area contributed by atoms with Crippen LogP contribution in [-0.2, 0) is 31.9 Å². The highest BCUT2D eigenvalue weighted by Gasteiger charge is 2.23. The lowest BCUT2D eigenvalue weighted by atomic mass is 9.79. The molecule has 48 heavy (non-hydrogen) atoms. The molecule has 0 aliphatic heterocycles. The van der Waals surface area contributed by atoms with Crippen LogP contribution in [0.3, 0.4) is 0 Å². The summed E-state index contributed by atoms with van der Waals surface area (Å²) in [6, 6.07) is 21.4. The molecule has 3 aromatic rings. The molecular weight excluding hydrogens is 608 g/mol. The van der Waals surface area contributed by atoms with Crippen molar-refractivity contribution in [1.29, 1.82) is 0 Å². The van der Waals surface area contributed by atoms with Crippen molar-refractivity contribution in [2.45, 2.75) is 83.8 Å². The zero-order valence-corrected chi connectivity index (χ0v) is 29.1. The Kier molecular flexibility index (Phi) is 12.6. The van der Waals surface area contributed by atoms with Gasteiger partial charge in [0.05, 0.1) is 20.1 Å². The van der Waals surface area contributed by atoms with Crippen LogP contribution in [0.25, 0.3) is 0 Å². The Morgan fingerprint density at radius 1 is 0.854 bits per heavy atom. The number of nitrogens with one attached hydrogen (secondary N) is 2. The van der Waals surface area contributed by atoms with Crippen molar-refractivity contribution in [3.05, 3.63) is 89.0 Å². The number of esters is 2. The summed E-state index contributed by atoms with van der Waals surface area (Å²) in [4.78, 5) is 37.3. The summed E-state index contributed by atoms with van der Waals surface area (Å²) >= 11 is 0. The molecule has 0 heterocycles. The summed E-state index contributed by atoms with van der Waals surface area (Å²) in [7, 11) is 1.62. The number of rotatable bonds is 16. The first-order chi connectivity index (χ1) is 22.8. The van der Waals surface area contributed by atoms with E-state index < -0.39 is 11.6 Å². The van der Waals surface area contributed by atoms with Crippen LogP contribution >= 0.6 is 0 Å². The molecule has 1 aliphatic rings. The molecular formula is C39H50N2O7. The minimum atomic E-state index is -0.503. The second kappa shape index (κ2) is 16.6. The van der Waals surface area contributed by atoms with Gasteiger partial charge in [0.25, 0.3) is 0 Å². The van der Waals surface area contributed by atoms with Gasteiger partial charge in [-0.15, -0.1) is 0 Å². The van der Waals surface area contributed by atoms with Crippen molar-refractivity contribution in [2.24, 2.45) is 0 Å². The van der Waals surface area contributed by atoms with Crippen LogP contribution in [0.5, 0.6) is 11.5 Å². The van der Waals surface area contributed by atoms with E-state index in [1.54, 1.807) is 31.4 Å². The summed E-state index contributed by atoms with van der Waals surface area (Å²) < 4.78 is 22.1. The molecule has 0 amide bonds. The molecule has 0 saturated heterocycles. The van der Waals surface area contributed by atoms with Gasteiger partial charge in [0.15, 0.2) is 5.78 Å². The highest BCUT2D eigenvalue weighted by atomic mass is 16.6. The number of Topliss-reactive ketones (excluding diaryl/α,β-unsaturated/α-hetero) is 1. The van der Waals surface area contributed by atoms with E-state index in [-0.39, 0.29) is 43.3 Å². The molecule has 2 N–H and O–H groups in total. The molecule has 0 aromatic heterocycles. The largest absolute Gasteiger partial charge is 0.497 e. The number of hydrogen-bond donors (Lipinski definition) is 2. The summed E-state index contributed by atoms with van der Waals surface area (Å²) in [5.74, 6) is 0.861. The molecule has 9 heteroatoms. The van der Waals surface area contributed by atoms with E-state index in [1.165, 1.54) is 11.1 Å². The fraction of sp³-hybridized carbons (Fsp3) is 0.462. The molecule has 0 fully saturated rings. The zero-order chi connectivity index (χ0) is 34.7. The quantitative estimate of drug-likeness (QED) is 0.129. The number of methoxy groups -OCH3 is 1. The lowest BCUT2D eigenvalue weighted by Crippen LogP contribution is -2.45. The number of carbonyl (C=O) groups is 3. The zero-order valence-electron chi connectivity index (χ0n) is 29.1. The molecule has 0 saturated carbocycles. The molecule has 4 rings (SSSR count). The minimum absolute atomic E-state index is 0.00880. The normalized spacial score (nSPS) is 14.4. The smallest absolute Gasteiger partial charge is 0.325 e. The van der Waals surface area contributed by atoms with Gasteiger partial charge >= 0.3 is 11.9 Å². The van der Waals surface area contributed by atoms with Crippen molar-refractivity contribution >= 4 is 23.4 Å². The van der Waals surface area contributed by atoms with E-state index >= 15 is 0 Å². The Morgan fingerprint density at radius 3 is 2.27 bits per heavy atom. The van der Waals surface area contributed by atoms with Gasteiger partial charge in [-0.2, -0.15) is 0 Å². The van der Waals surface area contributed by atoms with Crippen molar-refractivity contribution in [1.82, 2.24) is 5.32 Å². The van der Waals surface area contributed by atoms with Gasteiger partial charge < -0.3 is 29.6 Å². The van der Waals surface area contributed by atoms with Gasteiger partial charge in [0.1, 0.15) is 30.3 Å². The average Bonchev–Trinajstić information content (AvgIpc) is 3.05. The van der Waals surface area contributed by atoms with E-state index in [0.717, 1.165) is 30.5 Å². The number of aryl methyl sites for hydroxylation is 1. The third-order valence-corrected chi connectivity index (χ3v) is 8.19. The SMILES string of the molecule is COc1ccc([C@@H]2CCc3ccccc3C2)c(NCC(=O)OCCC(=O)c2ccc(OCC(C)(C)NCCC(=O)OC(C)(C)C)cc2)c1. The van der Waals surface area contributed by atoms with Crippen LogP contribution < -0.4 is 20.1 Å². The number of carbonyl (C=O) groups excluding carboxylic acids is 3. The maximum absolute atomic E-state index is 12.8. The Morgan fingerprint density at radius 2 is 1.56 bits per heavy atom. The fourth-order valence-electron chi connectivity index (χ4n) is 5.70. The first-order valence-corrected chi connectivity index (χ1v) is 16.7. The topological polar surface area (TPSA) is 112 Å². The predicted molar refractivity (Wildman–Crippen MR) is 187 cm³/mol. The molecule has 9 nitrogen and oxygen atoms in total. The van der Waals surface area contributed by atoms with Crippen molar-refractivity contribution in [3.63, 3.8) is 0 Å². The lowest BCUT2D eigenvalue weighted by Gasteiger charge is -2.27.